The minimum Gasteiger partial charge on any atom is -0.508 e. The highest BCUT2D eigenvalue weighted by Gasteiger charge is 2.15. The van der Waals surface area contributed by atoms with Crippen LogP contribution in [0.1, 0.15) is 10.4 Å². The van der Waals surface area contributed by atoms with E-state index in [0.717, 1.165) is 6.07 Å². The number of hydrogen-bond donors (Lipinski definition) is 3. The van der Waals surface area contributed by atoms with E-state index in [1.165, 1.54) is 17.0 Å². The van der Waals surface area contributed by atoms with E-state index in [1.54, 1.807) is 14.1 Å². The lowest BCUT2D eigenvalue weighted by molar-refractivity contribution is 0.0794. The molecule has 16 heavy (non-hydrogen) atoms. The lowest BCUT2D eigenvalue weighted by Gasteiger charge is -2.17. The second-order valence-electron chi connectivity index (χ2n) is 3.53. The molecule has 0 saturated carbocycles. The largest absolute Gasteiger partial charge is 0.508 e. The molecule has 88 valence electrons. The van der Waals surface area contributed by atoms with Crippen LogP contribution in [0.3, 0.4) is 0 Å². The summed E-state index contributed by atoms with van der Waals surface area (Å²) in [7, 11) is 3.46. The van der Waals surface area contributed by atoms with E-state index in [0.29, 0.717) is 13.1 Å². The molecule has 0 aromatic heterocycles. The number of aromatic hydroxyl groups is 2. The van der Waals surface area contributed by atoms with Crippen LogP contribution in [-0.4, -0.2) is 48.2 Å². The minimum absolute atomic E-state index is 0.0630. The summed E-state index contributed by atoms with van der Waals surface area (Å²) >= 11 is 0. The second kappa shape index (κ2) is 5.37. The molecule has 0 saturated heterocycles. The Morgan fingerprint density at radius 1 is 1.44 bits per heavy atom. The van der Waals surface area contributed by atoms with Gasteiger partial charge in [-0.3, -0.25) is 4.79 Å². The minimum atomic E-state index is -0.271. The van der Waals surface area contributed by atoms with E-state index in [-0.39, 0.29) is 23.0 Å². The normalized spacial score (nSPS) is 10.1. The first kappa shape index (κ1) is 12.3. The zero-order valence-corrected chi connectivity index (χ0v) is 9.40. The zero-order chi connectivity index (χ0) is 12.1. The number of phenolic OH excluding ortho intramolecular Hbond substituents is 2. The van der Waals surface area contributed by atoms with Crippen molar-refractivity contribution in [2.75, 3.05) is 27.2 Å². The number of hydrogen-bond acceptors (Lipinski definition) is 4. The van der Waals surface area contributed by atoms with Gasteiger partial charge in [0.2, 0.25) is 0 Å². The molecule has 0 bridgehead atoms. The van der Waals surface area contributed by atoms with Crippen molar-refractivity contribution in [2.24, 2.45) is 0 Å². The maximum atomic E-state index is 11.8. The first-order valence-electron chi connectivity index (χ1n) is 4.98. The summed E-state index contributed by atoms with van der Waals surface area (Å²) in [6.45, 7) is 1.23. The Morgan fingerprint density at radius 3 is 2.69 bits per heavy atom. The van der Waals surface area contributed by atoms with E-state index in [2.05, 4.69) is 5.32 Å². The van der Waals surface area contributed by atoms with Gasteiger partial charge < -0.3 is 20.4 Å². The number of nitrogens with zero attached hydrogens (tertiary/aromatic N) is 1. The van der Waals surface area contributed by atoms with Gasteiger partial charge in [-0.1, -0.05) is 0 Å². The molecule has 0 spiro atoms. The number of nitrogens with one attached hydrogen (secondary N) is 1. The maximum Gasteiger partial charge on any atom is 0.257 e. The number of benzene rings is 1. The van der Waals surface area contributed by atoms with E-state index in [4.69, 9.17) is 5.11 Å². The van der Waals surface area contributed by atoms with Gasteiger partial charge in [-0.15, -0.1) is 0 Å². The first-order valence-corrected chi connectivity index (χ1v) is 4.98. The SMILES string of the molecule is CNCCN(C)C(=O)c1ccc(O)cc1O. The Morgan fingerprint density at radius 2 is 2.12 bits per heavy atom. The molecule has 0 atom stereocenters. The highest BCUT2D eigenvalue weighted by atomic mass is 16.3. The molecular weight excluding hydrogens is 208 g/mol. The van der Waals surface area contributed by atoms with Crippen molar-refractivity contribution in [3.8, 4) is 11.5 Å². The molecule has 0 aliphatic rings. The van der Waals surface area contributed by atoms with Crippen LogP contribution in [0.15, 0.2) is 18.2 Å². The van der Waals surface area contributed by atoms with Crippen molar-refractivity contribution >= 4 is 5.91 Å². The summed E-state index contributed by atoms with van der Waals surface area (Å²) < 4.78 is 0. The van der Waals surface area contributed by atoms with Crippen molar-refractivity contribution in [3.63, 3.8) is 0 Å². The smallest absolute Gasteiger partial charge is 0.257 e. The topological polar surface area (TPSA) is 72.8 Å². The Labute approximate surface area is 94.3 Å². The van der Waals surface area contributed by atoms with Crippen LogP contribution in [0.4, 0.5) is 0 Å². The van der Waals surface area contributed by atoms with Gasteiger partial charge in [0.05, 0.1) is 5.56 Å². The van der Waals surface area contributed by atoms with Gasteiger partial charge in [0.25, 0.3) is 5.91 Å². The Bertz CT molecular complexity index is 379. The number of amides is 1. The highest BCUT2D eigenvalue weighted by molar-refractivity contribution is 5.96. The van der Waals surface area contributed by atoms with Crippen molar-refractivity contribution < 1.29 is 15.0 Å². The fourth-order valence-corrected chi connectivity index (χ4v) is 1.29. The van der Waals surface area contributed by atoms with Crippen molar-refractivity contribution in [3.05, 3.63) is 23.8 Å². The fourth-order valence-electron chi connectivity index (χ4n) is 1.29. The monoisotopic (exact) mass is 224 g/mol. The lowest BCUT2D eigenvalue weighted by atomic mass is 10.1. The standard InChI is InChI=1S/C11H16N2O3/c1-12-5-6-13(2)11(16)9-4-3-8(14)7-10(9)15/h3-4,7,12,14-15H,5-6H2,1-2H3. The predicted octanol–water partition coefficient (Wildman–Crippen LogP) is 0.389. The van der Waals surface area contributed by atoms with Crippen LogP contribution in [0.5, 0.6) is 11.5 Å². The average Bonchev–Trinajstić information content (AvgIpc) is 2.25. The van der Waals surface area contributed by atoms with Crippen molar-refractivity contribution in [2.45, 2.75) is 0 Å². The second-order valence-corrected chi connectivity index (χ2v) is 3.53. The van der Waals surface area contributed by atoms with Crippen LogP contribution in [0, 0.1) is 0 Å². The third-order valence-electron chi connectivity index (χ3n) is 2.26. The zero-order valence-electron chi connectivity index (χ0n) is 9.40. The van der Waals surface area contributed by atoms with Crippen LogP contribution in [0.25, 0.3) is 0 Å². The van der Waals surface area contributed by atoms with Gasteiger partial charge in [-0.05, 0) is 19.2 Å². The molecule has 0 fully saturated rings. The molecule has 0 aliphatic heterocycles. The summed E-state index contributed by atoms with van der Waals surface area (Å²) in [5, 5.41) is 21.5. The molecule has 1 aromatic rings. The number of phenols is 2. The highest BCUT2D eigenvalue weighted by Crippen LogP contribution is 2.23. The van der Waals surface area contributed by atoms with Gasteiger partial charge in [0.1, 0.15) is 11.5 Å². The molecular formula is C11H16N2O3. The van der Waals surface area contributed by atoms with E-state index in [1.807, 2.05) is 0 Å². The quantitative estimate of drug-likeness (QED) is 0.691. The van der Waals surface area contributed by atoms with Crippen LogP contribution >= 0.6 is 0 Å². The Hall–Kier alpha value is -1.75. The number of rotatable bonds is 4. The van der Waals surface area contributed by atoms with Crippen molar-refractivity contribution in [1.82, 2.24) is 10.2 Å². The average molecular weight is 224 g/mol. The number of carbonyl (C=O) groups excluding carboxylic acids is 1. The van der Waals surface area contributed by atoms with E-state index in [9.17, 15) is 9.90 Å². The molecule has 0 heterocycles. The molecule has 1 amide bonds. The van der Waals surface area contributed by atoms with E-state index >= 15 is 0 Å². The molecule has 1 rings (SSSR count). The number of likely N-dealkylation sites (N-methyl/N-ethyl adjacent to an activating group) is 2. The van der Waals surface area contributed by atoms with Gasteiger partial charge >= 0.3 is 0 Å². The maximum absolute atomic E-state index is 11.8. The third-order valence-corrected chi connectivity index (χ3v) is 2.26. The summed E-state index contributed by atoms with van der Waals surface area (Å²) in [5.41, 5.74) is 0.191. The van der Waals surface area contributed by atoms with Crippen LogP contribution in [-0.2, 0) is 0 Å². The molecule has 5 nitrogen and oxygen atoms in total. The summed E-state index contributed by atoms with van der Waals surface area (Å²) in [6.07, 6.45) is 0. The number of carbonyl (C=O) groups is 1. The van der Waals surface area contributed by atoms with Gasteiger partial charge in [0.15, 0.2) is 0 Å². The summed E-state index contributed by atoms with van der Waals surface area (Å²) in [5.74, 6) is -0.541. The Balaban J connectivity index is 2.79. The first-order chi connectivity index (χ1) is 7.56. The molecule has 0 unspecified atom stereocenters. The van der Waals surface area contributed by atoms with Gasteiger partial charge in [0, 0.05) is 26.2 Å². The van der Waals surface area contributed by atoms with Crippen LogP contribution in [0.2, 0.25) is 0 Å². The van der Waals surface area contributed by atoms with E-state index < -0.39 is 0 Å². The molecule has 3 N–H and O–H groups in total. The third kappa shape index (κ3) is 2.87. The molecule has 0 aliphatic carbocycles. The summed E-state index contributed by atoms with van der Waals surface area (Å²) in [6, 6.07) is 3.93. The van der Waals surface area contributed by atoms with Crippen LogP contribution < -0.4 is 5.32 Å². The van der Waals surface area contributed by atoms with Gasteiger partial charge in [-0.25, -0.2) is 0 Å². The van der Waals surface area contributed by atoms with Crippen molar-refractivity contribution in [1.29, 1.82) is 0 Å². The van der Waals surface area contributed by atoms with Gasteiger partial charge in [-0.2, -0.15) is 0 Å². The predicted molar refractivity (Wildman–Crippen MR) is 60.7 cm³/mol. The summed E-state index contributed by atoms with van der Waals surface area (Å²) in [4.78, 5) is 13.3. The lowest BCUT2D eigenvalue weighted by Crippen LogP contribution is -2.32. The fraction of sp³-hybridized carbons (Fsp3) is 0.364. The molecule has 1 aromatic carbocycles. The Kier molecular flexibility index (Phi) is 4.13. The molecule has 5 heteroatoms. The molecule has 0 radical (unpaired) electrons.